The van der Waals surface area contributed by atoms with Crippen molar-refractivity contribution in [3.8, 4) is 11.5 Å². The Labute approximate surface area is 188 Å². The Morgan fingerprint density at radius 2 is 1.97 bits per heavy atom. The first-order chi connectivity index (χ1) is 15.0. The molecule has 0 amide bonds. The van der Waals surface area contributed by atoms with E-state index in [1.165, 1.54) is 36.0 Å². The van der Waals surface area contributed by atoms with Gasteiger partial charge < -0.3 is 14.2 Å². The van der Waals surface area contributed by atoms with Gasteiger partial charge in [0.25, 0.3) is 0 Å². The van der Waals surface area contributed by atoms with Gasteiger partial charge in [-0.15, -0.1) is 0 Å². The highest BCUT2D eigenvalue weighted by atomic mass is 16.5. The van der Waals surface area contributed by atoms with Crippen LogP contribution in [-0.4, -0.2) is 50.0 Å². The summed E-state index contributed by atoms with van der Waals surface area (Å²) in [6, 6.07) is 4.63. The average molecular weight is 428 g/mol. The molecule has 31 heavy (non-hydrogen) atoms. The summed E-state index contributed by atoms with van der Waals surface area (Å²) in [7, 11) is 0. The highest BCUT2D eigenvalue weighted by molar-refractivity contribution is 5.53. The van der Waals surface area contributed by atoms with Gasteiger partial charge in [-0.2, -0.15) is 0 Å². The Morgan fingerprint density at radius 1 is 1.16 bits per heavy atom. The predicted octanol–water partition coefficient (Wildman–Crippen LogP) is 5.74. The van der Waals surface area contributed by atoms with Gasteiger partial charge in [0.1, 0.15) is 23.7 Å². The highest BCUT2D eigenvalue weighted by Gasteiger charge is 2.45. The number of aryl methyl sites for hydroxylation is 1. The van der Waals surface area contributed by atoms with Crippen molar-refractivity contribution in [2.45, 2.75) is 77.7 Å². The number of hydrogen-bond donors (Lipinski definition) is 0. The summed E-state index contributed by atoms with van der Waals surface area (Å²) in [5.41, 5.74) is 4.02. The maximum Gasteiger partial charge on any atom is 0.127 e. The monoisotopic (exact) mass is 427 g/mol. The van der Waals surface area contributed by atoms with Crippen LogP contribution in [0.5, 0.6) is 11.5 Å². The predicted molar refractivity (Wildman–Crippen MR) is 126 cm³/mol. The van der Waals surface area contributed by atoms with E-state index in [2.05, 4.69) is 50.8 Å². The molecule has 1 aliphatic carbocycles. The molecule has 0 spiro atoms. The third-order valence-electron chi connectivity index (χ3n) is 7.39. The van der Waals surface area contributed by atoms with Crippen LogP contribution < -0.4 is 9.47 Å². The number of ether oxygens (including phenoxy) is 3. The first kappa shape index (κ1) is 22.7. The zero-order chi connectivity index (χ0) is 21.8. The summed E-state index contributed by atoms with van der Waals surface area (Å²) in [6.07, 6.45) is 9.44. The van der Waals surface area contributed by atoms with Gasteiger partial charge >= 0.3 is 0 Å². The van der Waals surface area contributed by atoms with Gasteiger partial charge in [0.2, 0.25) is 0 Å². The minimum absolute atomic E-state index is 0.151. The molecule has 0 bridgehead atoms. The molecule has 2 heterocycles. The summed E-state index contributed by atoms with van der Waals surface area (Å²) in [4.78, 5) is 2.44. The van der Waals surface area contributed by atoms with Crippen molar-refractivity contribution in [1.82, 2.24) is 4.90 Å². The van der Waals surface area contributed by atoms with Crippen molar-refractivity contribution in [1.29, 1.82) is 0 Å². The smallest absolute Gasteiger partial charge is 0.127 e. The van der Waals surface area contributed by atoms with E-state index in [-0.39, 0.29) is 5.60 Å². The summed E-state index contributed by atoms with van der Waals surface area (Å²) in [5, 5.41) is 0. The van der Waals surface area contributed by atoms with Crippen molar-refractivity contribution in [2.75, 3.05) is 39.5 Å². The van der Waals surface area contributed by atoms with E-state index in [9.17, 15) is 0 Å². The van der Waals surface area contributed by atoms with Gasteiger partial charge in [-0.05, 0) is 64.2 Å². The number of allylic oxidation sites excluding steroid dienone is 2. The van der Waals surface area contributed by atoms with Crippen LogP contribution in [0.25, 0.3) is 0 Å². The molecule has 1 aromatic carbocycles. The molecule has 4 nitrogen and oxygen atoms in total. The first-order valence-electron chi connectivity index (χ1n) is 12.4. The van der Waals surface area contributed by atoms with Crippen molar-refractivity contribution >= 4 is 0 Å². The van der Waals surface area contributed by atoms with Crippen LogP contribution in [-0.2, 0) is 11.2 Å². The molecule has 4 heteroatoms. The van der Waals surface area contributed by atoms with Gasteiger partial charge in [-0.25, -0.2) is 0 Å². The lowest BCUT2D eigenvalue weighted by Crippen LogP contribution is -2.45. The molecule has 1 fully saturated rings. The van der Waals surface area contributed by atoms with Crippen molar-refractivity contribution in [2.24, 2.45) is 5.92 Å². The third-order valence-corrected chi connectivity index (χ3v) is 7.39. The fourth-order valence-corrected chi connectivity index (χ4v) is 5.55. The van der Waals surface area contributed by atoms with Gasteiger partial charge in [0.05, 0.1) is 13.2 Å². The Morgan fingerprint density at radius 3 is 2.74 bits per heavy atom. The lowest BCUT2D eigenvalue weighted by atomic mass is 9.67. The molecule has 1 saturated heterocycles. The highest BCUT2D eigenvalue weighted by Crippen LogP contribution is 2.54. The summed E-state index contributed by atoms with van der Waals surface area (Å²) in [6.45, 7) is 14.4. The number of nitrogens with zero attached hydrogens (tertiary/aromatic N) is 1. The lowest BCUT2D eigenvalue weighted by Gasteiger charge is -2.47. The fraction of sp³-hybridized carbons (Fsp3) is 0.704. The zero-order valence-electron chi connectivity index (χ0n) is 20.0. The fourth-order valence-electron chi connectivity index (χ4n) is 5.55. The SMILES string of the molecule is CCCCCc1cc(OCCN2CCOCC2)c2c(c1)OC(C)(C)[C@H]1CC=C(C)C[C@@H]21. The Kier molecular flexibility index (Phi) is 7.28. The van der Waals surface area contributed by atoms with E-state index in [1.807, 2.05) is 0 Å². The summed E-state index contributed by atoms with van der Waals surface area (Å²) in [5.74, 6) is 3.11. The molecule has 4 rings (SSSR count). The van der Waals surface area contributed by atoms with E-state index in [1.54, 1.807) is 0 Å². The van der Waals surface area contributed by atoms with Crippen molar-refractivity contribution in [3.05, 3.63) is 34.9 Å². The van der Waals surface area contributed by atoms with Gasteiger partial charge in [0, 0.05) is 37.0 Å². The summed E-state index contributed by atoms with van der Waals surface area (Å²) < 4.78 is 18.7. The molecule has 2 aliphatic heterocycles. The summed E-state index contributed by atoms with van der Waals surface area (Å²) >= 11 is 0. The van der Waals surface area contributed by atoms with E-state index < -0.39 is 0 Å². The molecule has 0 aromatic heterocycles. The second kappa shape index (κ2) is 9.95. The van der Waals surface area contributed by atoms with Crippen LogP contribution in [0.4, 0.5) is 0 Å². The van der Waals surface area contributed by atoms with E-state index in [0.29, 0.717) is 11.8 Å². The molecule has 3 aliphatic rings. The van der Waals surface area contributed by atoms with Crippen molar-refractivity contribution < 1.29 is 14.2 Å². The standard InChI is InChI=1S/C27H41NO3/c1-5-6-7-8-21-18-24(30-16-13-28-11-14-29-15-12-28)26-22-17-20(2)9-10-23(22)27(3,4)31-25(26)19-21/h9,18-19,22-23H,5-8,10-17H2,1-4H3/t22-,23+/m1/s1. The largest absolute Gasteiger partial charge is 0.492 e. The Hall–Kier alpha value is -1.52. The van der Waals surface area contributed by atoms with Gasteiger partial charge in [-0.3, -0.25) is 4.90 Å². The molecule has 0 saturated carbocycles. The second-order valence-electron chi connectivity index (χ2n) is 10.2. The van der Waals surface area contributed by atoms with Crippen LogP contribution in [0.15, 0.2) is 23.8 Å². The molecule has 0 N–H and O–H groups in total. The number of fused-ring (bicyclic) bond motifs is 3. The normalized spacial score (nSPS) is 25.2. The van der Waals surface area contributed by atoms with Crippen LogP contribution in [0.2, 0.25) is 0 Å². The number of benzene rings is 1. The minimum atomic E-state index is -0.151. The van der Waals surface area contributed by atoms with Crippen LogP contribution >= 0.6 is 0 Å². The molecule has 0 radical (unpaired) electrons. The molecule has 2 atom stereocenters. The second-order valence-corrected chi connectivity index (χ2v) is 10.2. The minimum Gasteiger partial charge on any atom is -0.492 e. The van der Waals surface area contributed by atoms with Gasteiger partial charge in [-0.1, -0.05) is 31.4 Å². The van der Waals surface area contributed by atoms with Gasteiger partial charge in [0.15, 0.2) is 0 Å². The molecule has 1 aromatic rings. The molecule has 172 valence electrons. The Bertz CT molecular complexity index is 779. The number of rotatable bonds is 8. The molecule has 0 unspecified atom stereocenters. The van der Waals surface area contributed by atoms with E-state index in [4.69, 9.17) is 14.2 Å². The number of morpholine rings is 1. The van der Waals surface area contributed by atoms with E-state index >= 15 is 0 Å². The van der Waals surface area contributed by atoms with Crippen LogP contribution in [0.3, 0.4) is 0 Å². The number of unbranched alkanes of at least 4 members (excludes halogenated alkanes) is 2. The number of hydrogen-bond acceptors (Lipinski definition) is 4. The average Bonchev–Trinajstić information content (AvgIpc) is 2.74. The zero-order valence-corrected chi connectivity index (χ0v) is 20.0. The molecular weight excluding hydrogens is 386 g/mol. The van der Waals surface area contributed by atoms with Crippen molar-refractivity contribution in [3.63, 3.8) is 0 Å². The van der Waals surface area contributed by atoms with Crippen LogP contribution in [0, 0.1) is 5.92 Å². The Balaban J connectivity index is 1.60. The third kappa shape index (κ3) is 5.28. The maximum absolute atomic E-state index is 6.67. The topological polar surface area (TPSA) is 30.9 Å². The lowest BCUT2D eigenvalue weighted by molar-refractivity contribution is 0.00676. The first-order valence-corrected chi connectivity index (χ1v) is 12.4. The van der Waals surface area contributed by atoms with E-state index in [0.717, 1.165) is 70.2 Å². The van der Waals surface area contributed by atoms with Crippen LogP contribution in [0.1, 0.15) is 76.8 Å². The quantitative estimate of drug-likeness (QED) is 0.391. The maximum atomic E-state index is 6.67. The molecular formula is C27H41NO3.